The number of carbonyl (C=O) groups excluding carboxylic acids is 1. The monoisotopic (exact) mass is 334 g/mol. The molecule has 104 valence electrons. The van der Waals surface area contributed by atoms with E-state index in [0.717, 1.165) is 46.1 Å². The number of nitrogens with zero attached hydrogens (tertiary/aromatic N) is 2. The Morgan fingerprint density at radius 1 is 1.45 bits per heavy atom. The van der Waals surface area contributed by atoms with Crippen molar-refractivity contribution < 1.29 is 9.53 Å². The standard InChI is InChI=1S/C15H15BrN2O2/c1-18-7-6-12-10(8-18)13(15(19)20-2)9-4-3-5-11(16)14(9)17-12/h3-5H,6-8H2,1-2H3. The molecule has 0 spiro atoms. The second kappa shape index (κ2) is 5.14. The maximum absolute atomic E-state index is 12.2. The molecule has 1 aliphatic rings. The summed E-state index contributed by atoms with van der Waals surface area (Å²) in [6.45, 7) is 1.69. The quantitative estimate of drug-likeness (QED) is 0.752. The molecule has 0 N–H and O–H groups in total. The van der Waals surface area contributed by atoms with E-state index in [-0.39, 0.29) is 5.97 Å². The summed E-state index contributed by atoms with van der Waals surface area (Å²) in [5.74, 6) is -0.290. The first-order chi connectivity index (χ1) is 9.61. The minimum absolute atomic E-state index is 0.290. The Morgan fingerprint density at radius 2 is 2.25 bits per heavy atom. The Labute approximate surface area is 125 Å². The highest BCUT2D eigenvalue weighted by atomic mass is 79.9. The van der Waals surface area contributed by atoms with Crippen LogP contribution in [0.2, 0.25) is 0 Å². The summed E-state index contributed by atoms with van der Waals surface area (Å²) in [4.78, 5) is 19.2. The lowest BCUT2D eigenvalue weighted by Crippen LogP contribution is -2.29. The minimum Gasteiger partial charge on any atom is -0.465 e. The van der Waals surface area contributed by atoms with Gasteiger partial charge in [0.25, 0.3) is 0 Å². The first-order valence-corrected chi connectivity index (χ1v) is 7.28. The van der Waals surface area contributed by atoms with E-state index in [0.29, 0.717) is 5.56 Å². The average molecular weight is 335 g/mol. The summed E-state index contributed by atoms with van der Waals surface area (Å²) in [6.07, 6.45) is 0.854. The van der Waals surface area contributed by atoms with Crippen LogP contribution >= 0.6 is 15.9 Å². The fourth-order valence-corrected chi connectivity index (χ4v) is 3.15. The van der Waals surface area contributed by atoms with E-state index in [2.05, 4.69) is 27.9 Å². The van der Waals surface area contributed by atoms with Crippen molar-refractivity contribution in [2.75, 3.05) is 20.7 Å². The van der Waals surface area contributed by atoms with Crippen molar-refractivity contribution in [3.63, 3.8) is 0 Å². The molecule has 1 aliphatic heterocycles. The summed E-state index contributed by atoms with van der Waals surface area (Å²) in [6, 6.07) is 5.78. The summed E-state index contributed by atoms with van der Waals surface area (Å²) >= 11 is 3.52. The fraction of sp³-hybridized carbons (Fsp3) is 0.333. The van der Waals surface area contributed by atoms with Crippen molar-refractivity contribution in [3.05, 3.63) is 39.5 Å². The summed E-state index contributed by atoms with van der Waals surface area (Å²) in [7, 11) is 3.47. The van der Waals surface area contributed by atoms with Gasteiger partial charge in [0.05, 0.1) is 18.2 Å². The first-order valence-electron chi connectivity index (χ1n) is 6.48. The van der Waals surface area contributed by atoms with Crippen molar-refractivity contribution >= 4 is 32.8 Å². The molecule has 1 aromatic carbocycles. The molecule has 0 aliphatic carbocycles. The maximum Gasteiger partial charge on any atom is 0.338 e. The van der Waals surface area contributed by atoms with Crippen LogP contribution < -0.4 is 0 Å². The molecular formula is C15H15BrN2O2. The smallest absolute Gasteiger partial charge is 0.338 e. The molecule has 5 heteroatoms. The lowest BCUT2D eigenvalue weighted by Gasteiger charge is -2.26. The van der Waals surface area contributed by atoms with Gasteiger partial charge < -0.3 is 9.64 Å². The summed E-state index contributed by atoms with van der Waals surface area (Å²) < 4.78 is 5.89. The number of rotatable bonds is 1. The van der Waals surface area contributed by atoms with Crippen LogP contribution in [-0.2, 0) is 17.7 Å². The highest BCUT2D eigenvalue weighted by Crippen LogP contribution is 2.31. The Morgan fingerprint density at radius 3 is 3.00 bits per heavy atom. The van der Waals surface area contributed by atoms with Crippen LogP contribution in [-0.4, -0.2) is 36.6 Å². The average Bonchev–Trinajstić information content (AvgIpc) is 2.45. The Hall–Kier alpha value is -1.46. The third-order valence-corrected chi connectivity index (χ3v) is 4.34. The van der Waals surface area contributed by atoms with Crippen molar-refractivity contribution in [2.24, 2.45) is 0 Å². The second-order valence-corrected chi connectivity index (χ2v) is 5.88. The van der Waals surface area contributed by atoms with Gasteiger partial charge in [0, 0.05) is 40.6 Å². The van der Waals surface area contributed by atoms with Crippen molar-refractivity contribution in [1.82, 2.24) is 9.88 Å². The zero-order chi connectivity index (χ0) is 14.3. The maximum atomic E-state index is 12.2. The van der Waals surface area contributed by atoms with Gasteiger partial charge in [0.1, 0.15) is 0 Å². The number of likely N-dealkylation sites (N-methyl/N-ethyl adjacent to an activating group) is 1. The molecule has 0 saturated heterocycles. The molecule has 2 heterocycles. The third kappa shape index (κ3) is 2.11. The number of halogens is 1. The van der Waals surface area contributed by atoms with Crippen LogP contribution in [0.3, 0.4) is 0 Å². The van der Waals surface area contributed by atoms with Crippen LogP contribution in [0.4, 0.5) is 0 Å². The number of ether oxygens (including phenoxy) is 1. The largest absolute Gasteiger partial charge is 0.465 e. The van der Waals surface area contributed by atoms with Gasteiger partial charge in [-0.15, -0.1) is 0 Å². The molecule has 2 aromatic rings. The van der Waals surface area contributed by atoms with Crippen LogP contribution in [0.1, 0.15) is 21.6 Å². The van der Waals surface area contributed by atoms with E-state index in [1.165, 1.54) is 7.11 Å². The number of carbonyl (C=O) groups is 1. The highest BCUT2D eigenvalue weighted by Gasteiger charge is 2.25. The number of methoxy groups -OCH3 is 1. The van der Waals surface area contributed by atoms with Gasteiger partial charge in [0.2, 0.25) is 0 Å². The van der Waals surface area contributed by atoms with Crippen LogP contribution in [0.5, 0.6) is 0 Å². The summed E-state index contributed by atoms with van der Waals surface area (Å²) in [5.41, 5.74) is 3.48. The molecule has 3 rings (SSSR count). The first kappa shape index (κ1) is 13.5. The van der Waals surface area contributed by atoms with E-state index < -0.39 is 0 Å². The number of para-hydroxylation sites is 1. The summed E-state index contributed by atoms with van der Waals surface area (Å²) in [5, 5.41) is 0.847. The van der Waals surface area contributed by atoms with Crippen molar-refractivity contribution in [1.29, 1.82) is 0 Å². The van der Waals surface area contributed by atoms with Gasteiger partial charge >= 0.3 is 5.97 Å². The molecule has 0 atom stereocenters. The van der Waals surface area contributed by atoms with Gasteiger partial charge in [-0.3, -0.25) is 4.98 Å². The van der Waals surface area contributed by atoms with Crippen LogP contribution in [0.25, 0.3) is 10.9 Å². The lowest BCUT2D eigenvalue weighted by molar-refractivity contribution is 0.0600. The molecule has 4 nitrogen and oxygen atoms in total. The van der Waals surface area contributed by atoms with E-state index in [1.807, 2.05) is 18.2 Å². The van der Waals surface area contributed by atoms with Gasteiger partial charge in [-0.1, -0.05) is 12.1 Å². The lowest BCUT2D eigenvalue weighted by atomic mass is 9.96. The van der Waals surface area contributed by atoms with Gasteiger partial charge in [-0.2, -0.15) is 0 Å². The molecule has 0 amide bonds. The molecule has 0 bridgehead atoms. The van der Waals surface area contributed by atoms with E-state index in [1.54, 1.807) is 0 Å². The molecule has 1 aromatic heterocycles. The number of aromatic nitrogens is 1. The SMILES string of the molecule is COC(=O)c1c2c(nc3c(Br)cccc13)CCN(C)C2. The molecule has 0 fully saturated rings. The van der Waals surface area contributed by atoms with E-state index >= 15 is 0 Å². The molecule has 0 radical (unpaired) electrons. The van der Waals surface area contributed by atoms with E-state index in [4.69, 9.17) is 9.72 Å². The Bertz CT molecular complexity index is 700. The number of hydrogen-bond acceptors (Lipinski definition) is 4. The number of esters is 1. The third-order valence-electron chi connectivity index (χ3n) is 3.70. The second-order valence-electron chi connectivity index (χ2n) is 5.03. The number of benzene rings is 1. The van der Waals surface area contributed by atoms with Crippen LogP contribution in [0.15, 0.2) is 22.7 Å². The zero-order valence-corrected chi connectivity index (χ0v) is 13.0. The number of hydrogen-bond donors (Lipinski definition) is 0. The van der Waals surface area contributed by atoms with Crippen LogP contribution in [0, 0.1) is 0 Å². The Balaban J connectivity index is 2.37. The van der Waals surface area contributed by atoms with Gasteiger partial charge in [-0.25, -0.2) is 4.79 Å². The number of pyridine rings is 1. The molecule has 0 unspecified atom stereocenters. The van der Waals surface area contributed by atoms with Gasteiger partial charge in [-0.05, 0) is 29.0 Å². The molecule has 0 saturated carbocycles. The van der Waals surface area contributed by atoms with Crippen molar-refractivity contribution in [3.8, 4) is 0 Å². The van der Waals surface area contributed by atoms with E-state index in [9.17, 15) is 4.79 Å². The number of fused-ring (bicyclic) bond motifs is 2. The Kier molecular flexibility index (Phi) is 3.48. The molecular weight excluding hydrogens is 320 g/mol. The fourth-order valence-electron chi connectivity index (χ4n) is 2.70. The topological polar surface area (TPSA) is 42.4 Å². The highest BCUT2D eigenvalue weighted by molar-refractivity contribution is 9.10. The van der Waals surface area contributed by atoms with Gasteiger partial charge in [0.15, 0.2) is 0 Å². The van der Waals surface area contributed by atoms with Crippen molar-refractivity contribution in [2.45, 2.75) is 13.0 Å². The predicted molar refractivity (Wildman–Crippen MR) is 80.8 cm³/mol. The normalized spacial score (nSPS) is 15.2. The zero-order valence-electron chi connectivity index (χ0n) is 11.4. The molecule has 20 heavy (non-hydrogen) atoms. The predicted octanol–water partition coefficient (Wildman–Crippen LogP) is 2.77. The minimum atomic E-state index is -0.290.